The Morgan fingerprint density at radius 1 is 1.17 bits per heavy atom. The zero-order valence-electron chi connectivity index (χ0n) is 19.8. The zero-order valence-corrected chi connectivity index (χ0v) is 21.3. The summed E-state index contributed by atoms with van der Waals surface area (Å²) >= 11 is 12.3. The number of carbonyl (C=O) groups excluding carboxylic acids is 2. The van der Waals surface area contributed by atoms with Crippen LogP contribution in [0, 0.1) is 0 Å². The molecular weight excluding hydrogens is 507 g/mol. The van der Waals surface area contributed by atoms with E-state index in [0.717, 1.165) is 0 Å². The first-order valence-electron chi connectivity index (χ1n) is 10.9. The van der Waals surface area contributed by atoms with E-state index in [0.29, 0.717) is 17.3 Å². The molecule has 3 aliphatic heterocycles. The van der Waals surface area contributed by atoms with Gasteiger partial charge in [0.05, 0.1) is 25.6 Å². The third-order valence-corrected chi connectivity index (χ3v) is 5.83. The molecule has 1 aromatic heterocycles. The number of esters is 2. The Bertz CT molecular complexity index is 1080. The molecule has 0 amide bonds. The van der Waals surface area contributed by atoms with Gasteiger partial charge >= 0.3 is 11.9 Å². The smallest absolute Gasteiger partial charge is 0.349 e. The predicted molar refractivity (Wildman–Crippen MR) is 124 cm³/mol. The molecule has 4 heterocycles. The van der Waals surface area contributed by atoms with Crippen molar-refractivity contribution in [2.45, 2.75) is 58.8 Å². The molecule has 1 fully saturated rings. The van der Waals surface area contributed by atoms with Crippen molar-refractivity contribution in [3.8, 4) is 11.5 Å². The number of halogens is 2. The number of carbonyl (C=O) groups is 2. The van der Waals surface area contributed by atoms with Crippen molar-refractivity contribution in [1.82, 2.24) is 10.6 Å². The molecule has 0 aliphatic carbocycles. The molecule has 0 saturated carbocycles. The molecule has 35 heavy (non-hydrogen) atoms. The highest BCUT2D eigenvalue weighted by Gasteiger charge is 2.48. The van der Waals surface area contributed by atoms with Crippen LogP contribution in [-0.2, 0) is 30.4 Å². The van der Waals surface area contributed by atoms with Gasteiger partial charge < -0.3 is 38.7 Å². The SMILES string of the molecule is CCOC(=O)C(C)(OCc1oc(N2CNC3=C(Cl)N=C(Cl)N[C@@H]32)c2c1OC(C)(C)O2)C(=O)OCC. The summed E-state index contributed by atoms with van der Waals surface area (Å²) in [7, 11) is 0. The summed E-state index contributed by atoms with van der Waals surface area (Å²) in [6, 6.07) is 0. The fourth-order valence-electron chi connectivity index (χ4n) is 3.70. The molecule has 0 radical (unpaired) electrons. The van der Waals surface area contributed by atoms with Crippen molar-refractivity contribution >= 4 is 46.3 Å². The quantitative estimate of drug-likeness (QED) is 0.290. The van der Waals surface area contributed by atoms with Gasteiger partial charge in [-0.15, -0.1) is 0 Å². The number of amidine groups is 1. The Kier molecular flexibility index (Phi) is 6.73. The first kappa shape index (κ1) is 25.3. The van der Waals surface area contributed by atoms with Crippen molar-refractivity contribution in [3.05, 3.63) is 16.6 Å². The summed E-state index contributed by atoms with van der Waals surface area (Å²) in [6.45, 7) is 8.08. The van der Waals surface area contributed by atoms with E-state index in [4.69, 9.17) is 51.3 Å². The summed E-state index contributed by atoms with van der Waals surface area (Å²) in [5.41, 5.74) is -1.41. The van der Waals surface area contributed by atoms with E-state index in [1.54, 1.807) is 32.6 Å². The van der Waals surface area contributed by atoms with Crippen molar-refractivity contribution in [3.63, 3.8) is 0 Å². The van der Waals surface area contributed by atoms with E-state index < -0.39 is 29.5 Å². The molecule has 1 atom stereocenters. The van der Waals surface area contributed by atoms with Gasteiger partial charge in [0.2, 0.25) is 23.2 Å². The Balaban J connectivity index is 1.65. The summed E-state index contributed by atoms with van der Waals surface area (Å²) in [4.78, 5) is 30.9. The van der Waals surface area contributed by atoms with Gasteiger partial charge in [-0.25, -0.2) is 14.6 Å². The molecule has 14 heteroatoms. The molecule has 0 aromatic carbocycles. The van der Waals surface area contributed by atoms with Gasteiger partial charge in [0.1, 0.15) is 12.8 Å². The van der Waals surface area contributed by atoms with Gasteiger partial charge in [-0.05, 0) is 32.4 Å². The molecule has 0 unspecified atom stereocenters. The minimum atomic E-state index is -2.02. The topological polar surface area (TPSA) is 133 Å². The third kappa shape index (κ3) is 4.57. The average molecular weight is 533 g/mol. The highest BCUT2D eigenvalue weighted by Crippen LogP contribution is 2.52. The zero-order chi connectivity index (χ0) is 25.5. The van der Waals surface area contributed by atoms with E-state index in [9.17, 15) is 9.59 Å². The fraction of sp³-hybridized carbons (Fsp3) is 0.571. The van der Waals surface area contributed by atoms with Crippen molar-refractivity contribution < 1.29 is 37.7 Å². The molecule has 192 valence electrons. The van der Waals surface area contributed by atoms with Gasteiger partial charge in [0.25, 0.3) is 5.60 Å². The molecule has 12 nitrogen and oxygen atoms in total. The second-order valence-corrected chi connectivity index (χ2v) is 9.03. The standard InChI is InChI=1S/C21H26Cl2N4O8/c1-6-30-17(28)21(5,18(29)31-7-2)32-8-10-12-13(35-20(3,4)34-12)16(33-10)27-9-24-11-14(22)25-19(23)26-15(11)27/h15,24H,6-9H2,1-5H3,(H,25,26)/t15-/m1/s1. The Morgan fingerprint density at radius 3 is 2.43 bits per heavy atom. The van der Waals surface area contributed by atoms with E-state index in [1.165, 1.54) is 6.92 Å². The minimum absolute atomic E-state index is 0.0588. The Morgan fingerprint density at radius 2 is 1.80 bits per heavy atom. The van der Waals surface area contributed by atoms with Gasteiger partial charge in [-0.2, -0.15) is 0 Å². The maximum Gasteiger partial charge on any atom is 0.349 e. The largest absolute Gasteiger partial charge is 0.463 e. The second-order valence-electron chi connectivity index (χ2n) is 8.31. The summed E-state index contributed by atoms with van der Waals surface area (Å²) in [6.07, 6.45) is -0.506. The molecular formula is C21H26Cl2N4O8. The number of hydrogen-bond donors (Lipinski definition) is 2. The number of nitrogens with one attached hydrogen (secondary N) is 2. The molecule has 1 saturated heterocycles. The molecule has 1 aromatic rings. The fourth-order valence-corrected chi connectivity index (χ4v) is 4.19. The molecule has 0 bridgehead atoms. The van der Waals surface area contributed by atoms with Crippen LogP contribution >= 0.6 is 23.2 Å². The Hall–Kier alpha value is -2.83. The van der Waals surface area contributed by atoms with Crippen LogP contribution in [0.25, 0.3) is 0 Å². The summed E-state index contributed by atoms with van der Waals surface area (Å²) in [5.74, 6) is -1.67. The van der Waals surface area contributed by atoms with Crippen molar-refractivity contribution in [1.29, 1.82) is 0 Å². The highest BCUT2D eigenvalue weighted by atomic mass is 35.5. The maximum absolute atomic E-state index is 12.6. The van der Waals surface area contributed by atoms with Crippen LogP contribution in [0.15, 0.2) is 20.3 Å². The van der Waals surface area contributed by atoms with Crippen molar-refractivity contribution in [2.75, 3.05) is 24.8 Å². The van der Waals surface area contributed by atoms with Gasteiger partial charge in [0, 0.05) is 13.8 Å². The van der Waals surface area contributed by atoms with E-state index in [2.05, 4.69) is 15.6 Å². The first-order chi connectivity index (χ1) is 16.5. The lowest BCUT2D eigenvalue weighted by Gasteiger charge is -2.27. The molecule has 3 aliphatic rings. The van der Waals surface area contributed by atoms with E-state index in [-0.39, 0.29) is 48.5 Å². The van der Waals surface area contributed by atoms with Gasteiger partial charge in [-0.1, -0.05) is 11.6 Å². The third-order valence-electron chi connectivity index (χ3n) is 5.35. The second kappa shape index (κ2) is 9.32. The number of ether oxygens (including phenoxy) is 5. The number of anilines is 1. The van der Waals surface area contributed by atoms with Crippen molar-refractivity contribution in [2.24, 2.45) is 4.99 Å². The summed E-state index contributed by atoms with van der Waals surface area (Å²) in [5, 5.41) is 6.49. The van der Waals surface area contributed by atoms with Gasteiger partial charge in [0.15, 0.2) is 16.2 Å². The van der Waals surface area contributed by atoms with E-state index in [1.807, 2.05) is 0 Å². The van der Waals surface area contributed by atoms with Crippen LogP contribution in [0.3, 0.4) is 0 Å². The molecule has 2 N–H and O–H groups in total. The minimum Gasteiger partial charge on any atom is -0.463 e. The highest BCUT2D eigenvalue weighted by molar-refractivity contribution is 6.65. The number of hydrogen-bond acceptors (Lipinski definition) is 12. The Labute approximate surface area is 211 Å². The monoisotopic (exact) mass is 532 g/mol. The number of aliphatic imine (C=N–C) groups is 1. The molecule has 0 spiro atoms. The van der Waals surface area contributed by atoms with Crippen LogP contribution in [-0.4, -0.2) is 54.7 Å². The lowest BCUT2D eigenvalue weighted by molar-refractivity contribution is -0.190. The van der Waals surface area contributed by atoms with Crippen LogP contribution in [0.2, 0.25) is 0 Å². The number of fused-ring (bicyclic) bond motifs is 2. The van der Waals surface area contributed by atoms with Crippen LogP contribution in [0.5, 0.6) is 11.5 Å². The maximum atomic E-state index is 12.6. The van der Waals surface area contributed by atoms with Crippen LogP contribution in [0.4, 0.5) is 5.88 Å². The number of rotatable bonds is 8. The predicted octanol–water partition coefficient (Wildman–Crippen LogP) is 2.49. The summed E-state index contributed by atoms with van der Waals surface area (Å²) < 4.78 is 33.8. The molecule has 4 rings (SSSR count). The lowest BCUT2D eigenvalue weighted by Crippen LogP contribution is -2.48. The lowest BCUT2D eigenvalue weighted by atomic mass is 10.1. The number of nitrogens with zero attached hydrogens (tertiary/aromatic N) is 2. The normalized spacial score (nSPS) is 20.1. The van der Waals surface area contributed by atoms with Crippen LogP contribution < -0.4 is 25.0 Å². The van der Waals surface area contributed by atoms with Gasteiger partial charge in [-0.3, -0.25) is 4.90 Å². The number of furan rings is 1. The average Bonchev–Trinajstić information content (AvgIpc) is 3.43. The first-order valence-corrected chi connectivity index (χ1v) is 11.7. The van der Waals surface area contributed by atoms with E-state index >= 15 is 0 Å². The van der Waals surface area contributed by atoms with Crippen LogP contribution in [0.1, 0.15) is 40.4 Å².